The van der Waals surface area contributed by atoms with Crippen molar-refractivity contribution in [3.05, 3.63) is 102 Å². The predicted octanol–water partition coefficient (Wildman–Crippen LogP) is 3.67. The Morgan fingerprint density at radius 1 is 0.808 bits per heavy atom. The van der Waals surface area contributed by atoms with Gasteiger partial charge in [0.25, 0.3) is 0 Å². The van der Waals surface area contributed by atoms with Gasteiger partial charge in [-0.2, -0.15) is 5.26 Å². The molecular formula is C21H18N2O2S. The maximum Gasteiger partial charge on any atom is 0.241 e. The maximum atomic E-state index is 12.7. The molecule has 0 aliphatic rings. The highest BCUT2D eigenvalue weighted by Gasteiger charge is 2.21. The van der Waals surface area contributed by atoms with Crippen LogP contribution in [-0.4, -0.2) is 15.0 Å². The molecule has 0 heterocycles. The summed E-state index contributed by atoms with van der Waals surface area (Å²) in [4.78, 5) is 0.00220. The number of nitrogens with one attached hydrogen (secondary N) is 1. The van der Waals surface area contributed by atoms with Gasteiger partial charge in [-0.25, -0.2) is 13.1 Å². The van der Waals surface area contributed by atoms with Crippen molar-refractivity contribution in [3.8, 4) is 6.07 Å². The van der Waals surface area contributed by atoms with E-state index in [2.05, 4.69) is 4.72 Å². The first-order chi connectivity index (χ1) is 12.6. The molecular weight excluding hydrogens is 344 g/mol. The van der Waals surface area contributed by atoms with Gasteiger partial charge >= 0.3 is 0 Å². The third-order valence-electron chi connectivity index (χ3n) is 4.18. The molecule has 0 unspecified atom stereocenters. The van der Waals surface area contributed by atoms with Crippen molar-refractivity contribution in [2.45, 2.75) is 10.8 Å². The number of hydrogen-bond acceptors (Lipinski definition) is 3. The summed E-state index contributed by atoms with van der Waals surface area (Å²) in [6.07, 6.45) is 0. The van der Waals surface area contributed by atoms with Crippen molar-refractivity contribution in [1.82, 2.24) is 4.72 Å². The van der Waals surface area contributed by atoms with Crippen LogP contribution in [-0.2, 0) is 10.0 Å². The molecule has 0 spiro atoms. The third-order valence-corrected chi connectivity index (χ3v) is 5.66. The quantitative estimate of drug-likeness (QED) is 0.727. The Bertz CT molecular complexity index is 971. The molecule has 3 rings (SSSR count). The fraction of sp³-hybridized carbons (Fsp3) is 0.0952. The van der Waals surface area contributed by atoms with E-state index in [1.54, 1.807) is 12.1 Å². The van der Waals surface area contributed by atoms with Crippen LogP contribution < -0.4 is 4.72 Å². The van der Waals surface area contributed by atoms with Gasteiger partial charge in [-0.05, 0) is 23.3 Å². The van der Waals surface area contributed by atoms with Crippen molar-refractivity contribution in [3.63, 3.8) is 0 Å². The minimum absolute atomic E-state index is 0.00220. The van der Waals surface area contributed by atoms with Crippen molar-refractivity contribution in [2.24, 2.45) is 0 Å². The Hall–Kier alpha value is -2.94. The van der Waals surface area contributed by atoms with Gasteiger partial charge < -0.3 is 0 Å². The molecule has 0 aromatic heterocycles. The van der Waals surface area contributed by atoms with Crippen LogP contribution in [0.2, 0.25) is 0 Å². The summed E-state index contributed by atoms with van der Waals surface area (Å²) in [5, 5.41) is 9.17. The molecule has 0 bridgehead atoms. The molecule has 26 heavy (non-hydrogen) atoms. The van der Waals surface area contributed by atoms with Gasteiger partial charge in [0.05, 0.1) is 10.5 Å². The lowest BCUT2D eigenvalue weighted by molar-refractivity contribution is 0.577. The summed E-state index contributed by atoms with van der Waals surface area (Å²) in [5.41, 5.74) is 2.18. The Morgan fingerprint density at radius 2 is 1.31 bits per heavy atom. The molecule has 4 nitrogen and oxygen atoms in total. The Morgan fingerprint density at radius 3 is 1.85 bits per heavy atom. The molecule has 1 N–H and O–H groups in total. The average molecular weight is 362 g/mol. The third kappa shape index (κ3) is 3.99. The van der Waals surface area contributed by atoms with Crippen LogP contribution in [0, 0.1) is 11.3 Å². The standard InChI is InChI=1S/C21H18N2O2S/c22-15-19-13-7-8-14-21(19)26(24,25)23-16-20(17-9-3-1-4-10-17)18-11-5-2-6-12-18/h1-14,20,23H,16H2. The molecule has 5 heteroatoms. The lowest BCUT2D eigenvalue weighted by atomic mass is 9.92. The first kappa shape index (κ1) is 17.9. The molecule has 3 aromatic rings. The van der Waals surface area contributed by atoms with Gasteiger partial charge in [0.15, 0.2) is 0 Å². The first-order valence-corrected chi connectivity index (χ1v) is 9.69. The highest BCUT2D eigenvalue weighted by atomic mass is 32.2. The number of rotatable bonds is 6. The SMILES string of the molecule is N#Cc1ccccc1S(=O)(=O)NCC(c1ccccc1)c1ccccc1. The number of sulfonamides is 1. The molecule has 130 valence electrons. The van der Waals surface area contributed by atoms with Crippen LogP contribution in [0.25, 0.3) is 0 Å². The highest BCUT2D eigenvalue weighted by Crippen LogP contribution is 2.24. The second kappa shape index (κ2) is 7.96. The van der Waals surface area contributed by atoms with E-state index in [-0.39, 0.29) is 22.9 Å². The Kier molecular flexibility index (Phi) is 5.47. The zero-order chi connectivity index (χ0) is 18.4. The molecule has 0 aliphatic heterocycles. The average Bonchev–Trinajstić information content (AvgIpc) is 2.69. The molecule has 0 saturated carbocycles. The predicted molar refractivity (Wildman–Crippen MR) is 101 cm³/mol. The van der Waals surface area contributed by atoms with E-state index in [9.17, 15) is 13.7 Å². The zero-order valence-corrected chi connectivity index (χ0v) is 14.9. The van der Waals surface area contributed by atoms with Crippen LogP contribution in [0.5, 0.6) is 0 Å². The van der Waals surface area contributed by atoms with Gasteiger partial charge in [0.2, 0.25) is 10.0 Å². The topological polar surface area (TPSA) is 70.0 Å². The van der Waals surface area contributed by atoms with Gasteiger partial charge in [0, 0.05) is 12.5 Å². The summed E-state index contributed by atoms with van der Waals surface area (Å²) in [6.45, 7) is 0.204. The number of nitriles is 1. The fourth-order valence-corrected chi connectivity index (χ4v) is 4.07. The van der Waals surface area contributed by atoms with Crippen LogP contribution in [0.15, 0.2) is 89.8 Å². The van der Waals surface area contributed by atoms with Gasteiger partial charge in [-0.3, -0.25) is 0 Å². The molecule has 0 radical (unpaired) electrons. The van der Waals surface area contributed by atoms with Crippen molar-refractivity contribution >= 4 is 10.0 Å². The van der Waals surface area contributed by atoms with E-state index in [0.717, 1.165) is 11.1 Å². The minimum atomic E-state index is -3.79. The normalized spacial score (nSPS) is 11.2. The van der Waals surface area contributed by atoms with Crippen molar-refractivity contribution in [2.75, 3.05) is 6.54 Å². The molecule has 0 aliphatic carbocycles. The summed E-state index contributed by atoms with van der Waals surface area (Å²) in [6, 6.07) is 27.7. The molecule has 3 aromatic carbocycles. The second-order valence-electron chi connectivity index (χ2n) is 5.83. The molecule has 0 amide bonds. The maximum absolute atomic E-state index is 12.7. The summed E-state index contributed by atoms with van der Waals surface area (Å²) in [5.74, 6) is -0.124. The summed E-state index contributed by atoms with van der Waals surface area (Å²) < 4.78 is 28.1. The van der Waals surface area contributed by atoms with Crippen LogP contribution in [0.4, 0.5) is 0 Å². The summed E-state index contributed by atoms with van der Waals surface area (Å²) >= 11 is 0. The molecule has 0 atom stereocenters. The van der Waals surface area contributed by atoms with E-state index in [0.29, 0.717) is 0 Å². The van der Waals surface area contributed by atoms with E-state index < -0.39 is 10.0 Å². The minimum Gasteiger partial charge on any atom is -0.210 e. The van der Waals surface area contributed by atoms with Gasteiger partial charge in [0.1, 0.15) is 6.07 Å². The van der Waals surface area contributed by atoms with Crippen LogP contribution >= 0.6 is 0 Å². The van der Waals surface area contributed by atoms with Crippen LogP contribution in [0.1, 0.15) is 22.6 Å². The highest BCUT2D eigenvalue weighted by molar-refractivity contribution is 7.89. The number of benzene rings is 3. The molecule has 0 saturated heterocycles. The Balaban J connectivity index is 1.90. The van der Waals surface area contributed by atoms with E-state index in [1.165, 1.54) is 12.1 Å². The van der Waals surface area contributed by atoms with Gasteiger partial charge in [-0.1, -0.05) is 72.8 Å². The molecule has 0 fully saturated rings. The van der Waals surface area contributed by atoms with Crippen LogP contribution in [0.3, 0.4) is 0 Å². The number of hydrogen-bond donors (Lipinski definition) is 1. The lowest BCUT2D eigenvalue weighted by Gasteiger charge is -2.19. The fourth-order valence-electron chi connectivity index (χ4n) is 2.86. The van der Waals surface area contributed by atoms with Crippen molar-refractivity contribution < 1.29 is 8.42 Å². The zero-order valence-electron chi connectivity index (χ0n) is 14.0. The van der Waals surface area contributed by atoms with E-state index >= 15 is 0 Å². The van der Waals surface area contributed by atoms with E-state index in [4.69, 9.17) is 0 Å². The monoisotopic (exact) mass is 362 g/mol. The van der Waals surface area contributed by atoms with E-state index in [1.807, 2.05) is 66.7 Å². The lowest BCUT2D eigenvalue weighted by Crippen LogP contribution is -2.29. The largest absolute Gasteiger partial charge is 0.241 e. The van der Waals surface area contributed by atoms with Crippen molar-refractivity contribution in [1.29, 1.82) is 5.26 Å². The van der Waals surface area contributed by atoms with Gasteiger partial charge in [-0.15, -0.1) is 0 Å². The number of nitrogens with zero attached hydrogens (tertiary/aromatic N) is 1. The summed E-state index contributed by atoms with van der Waals surface area (Å²) in [7, 11) is -3.79. The smallest absolute Gasteiger partial charge is 0.210 e. The Labute approximate surface area is 153 Å². The second-order valence-corrected chi connectivity index (χ2v) is 7.57. The first-order valence-electron chi connectivity index (χ1n) is 8.20.